The van der Waals surface area contributed by atoms with E-state index in [1.54, 1.807) is 19.6 Å². The minimum Gasteiger partial charge on any atom is -0.472 e. The van der Waals surface area contributed by atoms with Crippen LogP contribution in [0.15, 0.2) is 28.0 Å². The molecule has 1 aliphatic carbocycles. The molecule has 0 amide bonds. The van der Waals surface area contributed by atoms with Gasteiger partial charge < -0.3 is 15.1 Å². The Morgan fingerprint density at radius 2 is 2.18 bits per heavy atom. The first kappa shape index (κ1) is 16.7. The third-order valence-electron chi connectivity index (χ3n) is 4.07. The van der Waals surface area contributed by atoms with Crippen molar-refractivity contribution in [2.45, 2.75) is 38.4 Å². The van der Waals surface area contributed by atoms with Gasteiger partial charge in [-0.15, -0.1) is 0 Å². The van der Waals surface area contributed by atoms with Gasteiger partial charge in [0.15, 0.2) is 5.96 Å². The van der Waals surface area contributed by atoms with Crippen molar-refractivity contribution in [2.75, 3.05) is 13.6 Å². The van der Waals surface area contributed by atoms with Crippen molar-refractivity contribution >= 4 is 5.96 Å². The van der Waals surface area contributed by atoms with E-state index in [0.29, 0.717) is 25.5 Å². The molecule has 2 unspecified atom stereocenters. The molecule has 2 rings (SSSR count). The minimum atomic E-state index is -4.07. The highest BCUT2D eigenvalue weighted by Gasteiger charge is 2.41. The Labute approximate surface area is 128 Å². The van der Waals surface area contributed by atoms with Crippen molar-refractivity contribution in [3.05, 3.63) is 24.2 Å². The molecule has 0 saturated heterocycles. The van der Waals surface area contributed by atoms with Crippen LogP contribution in [-0.4, -0.2) is 25.7 Å². The van der Waals surface area contributed by atoms with Gasteiger partial charge in [0.05, 0.1) is 18.4 Å². The van der Waals surface area contributed by atoms with Crippen LogP contribution >= 0.6 is 0 Å². The highest BCUT2D eigenvalue weighted by atomic mass is 19.4. The Balaban J connectivity index is 1.75. The number of nitrogens with one attached hydrogen (secondary N) is 2. The first-order valence-electron chi connectivity index (χ1n) is 7.51. The third-order valence-corrected chi connectivity index (χ3v) is 4.07. The maximum atomic E-state index is 12.8. The van der Waals surface area contributed by atoms with E-state index in [1.807, 2.05) is 6.07 Å². The summed E-state index contributed by atoms with van der Waals surface area (Å²) in [6.45, 7) is 1.07. The molecular weight excluding hydrogens is 295 g/mol. The van der Waals surface area contributed by atoms with Crippen molar-refractivity contribution in [3.8, 4) is 0 Å². The number of nitrogens with zero attached hydrogens (tertiary/aromatic N) is 1. The van der Waals surface area contributed by atoms with Crippen LogP contribution < -0.4 is 10.6 Å². The number of guanidine groups is 1. The van der Waals surface area contributed by atoms with Gasteiger partial charge in [0.25, 0.3) is 0 Å². The molecule has 1 fully saturated rings. The van der Waals surface area contributed by atoms with Gasteiger partial charge in [-0.1, -0.05) is 6.42 Å². The Hall–Kier alpha value is -1.66. The van der Waals surface area contributed by atoms with Gasteiger partial charge in [0.1, 0.15) is 0 Å². The molecule has 0 aromatic carbocycles. The molecule has 1 aromatic rings. The fourth-order valence-corrected chi connectivity index (χ4v) is 2.81. The van der Waals surface area contributed by atoms with Gasteiger partial charge in [-0.3, -0.25) is 4.99 Å². The zero-order chi connectivity index (χ0) is 16.0. The molecule has 1 saturated carbocycles. The fourth-order valence-electron chi connectivity index (χ4n) is 2.81. The summed E-state index contributed by atoms with van der Waals surface area (Å²) in [4.78, 5) is 4.08. The lowest BCUT2D eigenvalue weighted by Crippen LogP contribution is -2.41. The monoisotopic (exact) mass is 317 g/mol. The van der Waals surface area contributed by atoms with Gasteiger partial charge in [0, 0.05) is 25.7 Å². The molecule has 0 spiro atoms. The molecular formula is C15H22F3N3O. The standard InChI is InChI=1S/C15H22F3N3O/c1-19-14(21-9-12-5-6-22-10-12)20-8-11-3-2-4-13(7-11)15(16,17)18/h5-6,10-11,13H,2-4,7-9H2,1H3,(H2,19,20,21). The van der Waals surface area contributed by atoms with Crippen molar-refractivity contribution < 1.29 is 17.6 Å². The summed E-state index contributed by atoms with van der Waals surface area (Å²) in [5, 5.41) is 6.22. The Kier molecular flexibility index (Phi) is 5.74. The SMILES string of the molecule is CN=C(NCc1ccoc1)NCC1CCCC(C(F)(F)F)C1. The van der Waals surface area contributed by atoms with Crippen LogP contribution in [0.1, 0.15) is 31.2 Å². The van der Waals surface area contributed by atoms with E-state index in [9.17, 15) is 13.2 Å². The van der Waals surface area contributed by atoms with Crippen LogP contribution in [0.3, 0.4) is 0 Å². The second-order valence-electron chi connectivity index (χ2n) is 5.71. The van der Waals surface area contributed by atoms with E-state index in [-0.39, 0.29) is 18.8 Å². The first-order chi connectivity index (χ1) is 10.5. The number of furan rings is 1. The molecule has 2 N–H and O–H groups in total. The molecule has 0 bridgehead atoms. The van der Waals surface area contributed by atoms with Crippen LogP contribution in [-0.2, 0) is 6.54 Å². The summed E-state index contributed by atoms with van der Waals surface area (Å²) in [6.07, 6.45) is 1.08. The zero-order valence-electron chi connectivity index (χ0n) is 12.6. The van der Waals surface area contributed by atoms with Crippen molar-refractivity contribution in [3.63, 3.8) is 0 Å². The molecule has 7 heteroatoms. The van der Waals surface area contributed by atoms with Crippen LogP contribution in [0.2, 0.25) is 0 Å². The molecule has 1 aromatic heterocycles. The van der Waals surface area contributed by atoms with Gasteiger partial charge >= 0.3 is 6.18 Å². The minimum absolute atomic E-state index is 0.0350. The second kappa shape index (κ2) is 7.56. The molecule has 1 aliphatic rings. The van der Waals surface area contributed by atoms with Crippen LogP contribution in [0.5, 0.6) is 0 Å². The number of halogens is 3. The average Bonchev–Trinajstić information content (AvgIpc) is 3.00. The lowest BCUT2D eigenvalue weighted by molar-refractivity contribution is -0.185. The van der Waals surface area contributed by atoms with Gasteiger partial charge in [-0.2, -0.15) is 13.2 Å². The summed E-state index contributed by atoms with van der Waals surface area (Å²) in [7, 11) is 1.64. The van der Waals surface area contributed by atoms with E-state index >= 15 is 0 Å². The van der Waals surface area contributed by atoms with Crippen LogP contribution in [0, 0.1) is 11.8 Å². The number of rotatable bonds is 4. The molecule has 2 atom stereocenters. The number of aliphatic imine (C=N–C) groups is 1. The predicted octanol–water partition coefficient (Wildman–Crippen LogP) is 3.31. The maximum absolute atomic E-state index is 12.8. The van der Waals surface area contributed by atoms with E-state index in [0.717, 1.165) is 12.0 Å². The summed E-state index contributed by atoms with van der Waals surface area (Å²) in [6, 6.07) is 1.84. The van der Waals surface area contributed by atoms with Gasteiger partial charge in [0.2, 0.25) is 0 Å². The summed E-state index contributed by atoms with van der Waals surface area (Å²) in [5.74, 6) is -0.530. The smallest absolute Gasteiger partial charge is 0.391 e. The van der Waals surface area contributed by atoms with Crippen LogP contribution in [0.25, 0.3) is 0 Å². The fraction of sp³-hybridized carbons (Fsp3) is 0.667. The molecule has 0 aliphatic heterocycles. The number of hydrogen-bond acceptors (Lipinski definition) is 2. The van der Waals surface area contributed by atoms with E-state index < -0.39 is 12.1 Å². The summed E-state index contributed by atoms with van der Waals surface area (Å²) >= 11 is 0. The number of hydrogen-bond donors (Lipinski definition) is 2. The van der Waals surface area contributed by atoms with Gasteiger partial charge in [-0.25, -0.2) is 0 Å². The Morgan fingerprint density at radius 1 is 1.36 bits per heavy atom. The third kappa shape index (κ3) is 4.96. The van der Waals surface area contributed by atoms with E-state index in [2.05, 4.69) is 15.6 Å². The summed E-state index contributed by atoms with van der Waals surface area (Å²) < 4.78 is 43.3. The molecule has 0 radical (unpaired) electrons. The second-order valence-corrected chi connectivity index (χ2v) is 5.71. The van der Waals surface area contributed by atoms with Crippen molar-refractivity contribution in [2.24, 2.45) is 16.8 Å². The zero-order valence-corrected chi connectivity index (χ0v) is 12.6. The quantitative estimate of drug-likeness (QED) is 0.661. The molecule has 22 heavy (non-hydrogen) atoms. The Bertz CT molecular complexity index is 471. The topological polar surface area (TPSA) is 49.6 Å². The largest absolute Gasteiger partial charge is 0.472 e. The Morgan fingerprint density at radius 3 is 2.82 bits per heavy atom. The highest BCUT2D eigenvalue weighted by molar-refractivity contribution is 5.79. The van der Waals surface area contributed by atoms with Crippen molar-refractivity contribution in [1.82, 2.24) is 10.6 Å². The lowest BCUT2D eigenvalue weighted by Gasteiger charge is -2.30. The first-order valence-corrected chi connectivity index (χ1v) is 7.51. The van der Waals surface area contributed by atoms with E-state index in [1.165, 1.54) is 0 Å². The lowest BCUT2D eigenvalue weighted by atomic mass is 9.81. The van der Waals surface area contributed by atoms with E-state index in [4.69, 9.17) is 4.42 Å². The summed E-state index contributed by atoms with van der Waals surface area (Å²) in [5.41, 5.74) is 0.984. The normalized spacial score (nSPS) is 23.4. The van der Waals surface area contributed by atoms with Crippen molar-refractivity contribution in [1.29, 1.82) is 0 Å². The number of alkyl halides is 3. The molecule has 4 nitrogen and oxygen atoms in total. The molecule has 124 valence electrons. The van der Waals surface area contributed by atoms with Crippen LogP contribution in [0.4, 0.5) is 13.2 Å². The predicted molar refractivity (Wildman–Crippen MR) is 78.4 cm³/mol. The van der Waals surface area contributed by atoms with Gasteiger partial charge in [-0.05, 0) is 31.2 Å². The average molecular weight is 317 g/mol. The maximum Gasteiger partial charge on any atom is 0.391 e. The highest BCUT2D eigenvalue weighted by Crippen LogP contribution is 2.39. The molecule has 1 heterocycles.